The highest BCUT2D eigenvalue weighted by atomic mass is 16.5. The quantitative estimate of drug-likeness (QED) is 0.579. The number of amides is 2. The molecule has 37 heavy (non-hydrogen) atoms. The van der Waals surface area contributed by atoms with Crippen LogP contribution in [0.4, 0.5) is 10.5 Å². The molecule has 2 aromatic rings. The van der Waals surface area contributed by atoms with E-state index in [9.17, 15) is 19.8 Å². The van der Waals surface area contributed by atoms with Crippen molar-refractivity contribution in [3.8, 4) is 5.75 Å². The summed E-state index contributed by atoms with van der Waals surface area (Å²) in [7, 11) is 1.85. The Morgan fingerprint density at radius 1 is 1.08 bits per heavy atom. The first-order valence-electron chi connectivity index (χ1n) is 13.2. The number of aliphatic hydroxyl groups excluding tert-OH is 1. The molecule has 0 bridgehead atoms. The summed E-state index contributed by atoms with van der Waals surface area (Å²) in [4.78, 5) is 30.2. The Balaban J connectivity index is 1.29. The van der Waals surface area contributed by atoms with E-state index in [0.717, 1.165) is 61.3 Å². The lowest BCUT2D eigenvalue weighted by Crippen LogP contribution is -2.53. The van der Waals surface area contributed by atoms with Gasteiger partial charge in [0, 0.05) is 50.9 Å². The van der Waals surface area contributed by atoms with E-state index in [0.29, 0.717) is 13.1 Å². The summed E-state index contributed by atoms with van der Waals surface area (Å²) in [5, 5.41) is 18.6. The molecule has 1 saturated heterocycles. The van der Waals surface area contributed by atoms with Crippen LogP contribution in [-0.4, -0.2) is 70.8 Å². The zero-order valence-electron chi connectivity index (χ0n) is 22.1. The Kier molecular flexibility index (Phi) is 8.71. The minimum Gasteiger partial charge on any atom is -0.490 e. The average Bonchev–Trinajstić information content (AvgIpc) is 2.89. The van der Waals surface area contributed by atoms with Crippen molar-refractivity contribution in [1.29, 1.82) is 0 Å². The van der Waals surface area contributed by atoms with E-state index in [2.05, 4.69) is 24.0 Å². The number of rotatable bonds is 7. The van der Waals surface area contributed by atoms with Gasteiger partial charge in [-0.3, -0.25) is 9.69 Å². The standard InChI is InChI=1S/C29H39N3O5/c1-20-15-25(10-7-24(20)18-31-13-14-32(29(35)36)21(2)17-31)30(3)28(34)23-8-11-26(12-9-23)37-27-6-4-5-22(16-27)19-33/h4-7,10,15-16,21,23,26,33H,8-9,11-14,17-19H2,1-3H3,(H,35,36)/t21-,23-,26-/m0/s1. The van der Waals surface area contributed by atoms with Crippen LogP contribution in [-0.2, 0) is 17.9 Å². The monoisotopic (exact) mass is 509 g/mol. The molecule has 2 amide bonds. The SMILES string of the molecule is Cc1cc(N(C)C(=O)[C@H]2CC[C@H](Oc3cccc(CO)c3)CC2)ccc1CN1CCN(C(=O)O)[C@@H](C)C1. The van der Waals surface area contributed by atoms with Gasteiger partial charge in [-0.25, -0.2) is 4.79 Å². The third-order valence-corrected chi connectivity index (χ3v) is 7.80. The maximum Gasteiger partial charge on any atom is 0.407 e. The zero-order chi connectivity index (χ0) is 26.5. The van der Waals surface area contributed by atoms with Crippen molar-refractivity contribution in [1.82, 2.24) is 9.80 Å². The fourth-order valence-electron chi connectivity index (χ4n) is 5.51. The minimum absolute atomic E-state index is 0.00573. The van der Waals surface area contributed by atoms with Gasteiger partial charge in [-0.15, -0.1) is 0 Å². The summed E-state index contributed by atoms with van der Waals surface area (Å²) in [5.74, 6) is 0.902. The summed E-state index contributed by atoms with van der Waals surface area (Å²) in [6.45, 7) is 6.74. The van der Waals surface area contributed by atoms with E-state index in [-0.39, 0.29) is 30.6 Å². The fourth-order valence-corrected chi connectivity index (χ4v) is 5.51. The molecular weight excluding hydrogens is 470 g/mol. The molecule has 4 rings (SSSR count). The molecule has 2 aliphatic rings. The lowest BCUT2D eigenvalue weighted by atomic mass is 9.86. The maximum atomic E-state index is 13.3. The lowest BCUT2D eigenvalue weighted by molar-refractivity contribution is -0.123. The summed E-state index contributed by atoms with van der Waals surface area (Å²) >= 11 is 0. The Hall–Kier alpha value is -3.10. The molecule has 0 aromatic heterocycles. The van der Waals surface area contributed by atoms with Gasteiger partial charge in [0.1, 0.15) is 5.75 Å². The van der Waals surface area contributed by atoms with E-state index in [4.69, 9.17) is 4.74 Å². The van der Waals surface area contributed by atoms with Crippen molar-refractivity contribution in [2.24, 2.45) is 5.92 Å². The van der Waals surface area contributed by atoms with Crippen LogP contribution in [0.2, 0.25) is 0 Å². The lowest BCUT2D eigenvalue weighted by Gasteiger charge is -2.38. The second kappa shape index (κ2) is 12.0. The number of hydrogen-bond donors (Lipinski definition) is 2. The van der Waals surface area contributed by atoms with Crippen molar-refractivity contribution in [3.63, 3.8) is 0 Å². The molecule has 1 aliphatic carbocycles. The third kappa shape index (κ3) is 6.62. The molecule has 2 N–H and O–H groups in total. The summed E-state index contributed by atoms with van der Waals surface area (Å²) in [6.07, 6.45) is 2.49. The molecule has 8 heteroatoms. The number of piperazine rings is 1. The Morgan fingerprint density at radius 2 is 1.84 bits per heavy atom. The van der Waals surface area contributed by atoms with Crippen LogP contribution in [0.3, 0.4) is 0 Å². The number of nitrogens with zero attached hydrogens (tertiary/aromatic N) is 3. The third-order valence-electron chi connectivity index (χ3n) is 7.80. The van der Waals surface area contributed by atoms with Crippen LogP contribution in [0.25, 0.3) is 0 Å². The van der Waals surface area contributed by atoms with E-state index in [1.807, 2.05) is 44.3 Å². The molecule has 0 radical (unpaired) electrons. The normalized spacial score (nSPS) is 22.5. The molecule has 1 atom stereocenters. The predicted octanol–water partition coefficient (Wildman–Crippen LogP) is 4.27. The van der Waals surface area contributed by atoms with Crippen LogP contribution < -0.4 is 9.64 Å². The van der Waals surface area contributed by atoms with E-state index < -0.39 is 6.09 Å². The number of benzene rings is 2. The number of carboxylic acid groups (broad SMARTS) is 1. The van der Waals surface area contributed by atoms with Gasteiger partial charge in [-0.05, 0) is 80.5 Å². The number of anilines is 1. The second-order valence-corrected chi connectivity index (χ2v) is 10.5. The fraction of sp³-hybridized carbons (Fsp3) is 0.517. The number of ether oxygens (including phenoxy) is 1. The van der Waals surface area contributed by atoms with Crippen molar-refractivity contribution >= 4 is 17.7 Å². The number of hydrogen-bond acceptors (Lipinski definition) is 5. The van der Waals surface area contributed by atoms with Crippen LogP contribution in [0.15, 0.2) is 42.5 Å². The van der Waals surface area contributed by atoms with Crippen molar-refractivity contribution in [2.45, 2.75) is 64.8 Å². The molecule has 200 valence electrons. The topological polar surface area (TPSA) is 93.6 Å². The van der Waals surface area contributed by atoms with Crippen LogP contribution in [0.1, 0.15) is 49.3 Å². The molecule has 1 heterocycles. The van der Waals surface area contributed by atoms with Crippen molar-refractivity contribution in [3.05, 3.63) is 59.2 Å². The smallest absolute Gasteiger partial charge is 0.407 e. The van der Waals surface area contributed by atoms with Crippen LogP contribution >= 0.6 is 0 Å². The van der Waals surface area contributed by atoms with Gasteiger partial charge < -0.3 is 24.7 Å². The van der Waals surface area contributed by atoms with Gasteiger partial charge in [0.15, 0.2) is 0 Å². The van der Waals surface area contributed by atoms with Crippen molar-refractivity contribution < 1.29 is 24.5 Å². The maximum absolute atomic E-state index is 13.3. The van der Waals surface area contributed by atoms with Gasteiger partial charge in [0.2, 0.25) is 5.91 Å². The summed E-state index contributed by atoms with van der Waals surface area (Å²) in [6, 6.07) is 13.7. The van der Waals surface area contributed by atoms with Crippen LogP contribution in [0, 0.1) is 12.8 Å². The van der Waals surface area contributed by atoms with Gasteiger partial charge >= 0.3 is 6.09 Å². The van der Waals surface area contributed by atoms with Gasteiger partial charge in [0.05, 0.1) is 12.7 Å². The zero-order valence-corrected chi connectivity index (χ0v) is 22.1. The molecule has 0 spiro atoms. The predicted molar refractivity (Wildman–Crippen MR) is 143 cm³/mol. The van der Waals surface area contributed by atoms with Crippen molar-refractivity contribution in [2.75, 3.05) is 31.6 Å². The summed E-state index contributed by atoms with van der Waals surface area (Å²) in [5.41, 5.74) is 4.06. The molecule has 2 aromatic carbocycles. The van der Waals surface area contributed by atoms with Gasteiger partial charge in [-0.1, -0.05) is 18.2 Å². The molecule has 8 nitrogen and oxygen atoms in total. The van der Waals surface area contributed by atoms with E-state index in [1.54, 1.807) is 4.90 Å². The molecule has 0 unspecified atom stereocenters. The first-order chi connectivity index (χ1) is 17.7. The van der Waals surface area contributed by atoms with Gasteiger partial charge in [-0.2, -0.15) is 0 Å². The Morgan fingerprint density at radius 3 is 2.49 bits per heavy atom. The number of aliphatic hydroxyl groups is 1. The molecule has 1 saturated carbocycles. The average molecular weight is 510 g/mol. The highest BCUT2D eigenvalue weighted by Gasteiger charge is 2.30. The summed E-state index contributed by atoms with van der Waals surface area (Å²) < 4.78 is 6.11. The largest absolute Gasteiger partial charge is 0.490 e. The number of carbonyl (C=O) groups excluding carboxylic acids is 1. The Labute approximate surface area is 219 Å². The highest BCUT2D eigenvalue weighted by molar-refractivity contribution is 5.94. The van der Waals surface area contributed by atoms with E-state index >= 15 is 0 Å². The molecule has 1 aliphatic heterocycles. The first kappa shape index (κ1) is 26.9. The molecule has 2 fully saturated rings. The molecular formula is C29H39N3O5. The number of carbonyl (C=O) groups is 2. The first-order valence-corrected chi connectivity index (χ1v) is 13.2. The Bertz CT molecular complexity index is 1100. The highest BCUT2D eigenvalue weighted by Crippen LogP contribution is 2.31. The van der Waals surface area contributed by atoms with E-state index in [1.165, 1.54) is 10.5 Å². The second-order valence-electron chi connectivity index (χ2n) is 10.5. The van der Waals surface area contributed by atoms with Gasteiger partial charge in [0.25, 0.3) is 0 Å². The minimum atomic E-state index is -0.853. The number of aryl methyl sites for hydroxylation is 1. The van der Waals surface area contributed by atoms with Crippen LogP contribution in [0.5, 0.6) is 5.75 Å².